The summed E-state index contributed by atoms with van der Waals surface area (Å²) in [6.07, 6.45) is 11.7. The third kappa shape index (κ3) is 8.61. The molecule has 2 amide bonds. The van der Waals surface area contributed by atoms with Crippen LogP contribution in [0.4, 0.5) is 4.79 Å². The second-order valence-electron chi connectivity index (χ2n) is 11.3. The van der Waals surface area contributed by atoms with Crippen LogP contribution in [0.3, 0.4) is 0 Å². The Bertz CT molecular complexity index is 802. The number of carbonyl (C=O) groups is 1. The van der Waals surface area contributed by atoms with Gasteiger partial charge >= 0.3 is 6.03 Å². The molecule has 0 radical (unpaired) electrons. The minimum absolute atomic E-state index is 0.00943. The topological polar surface area (TPSA) is 65.0 Å². The summed E-state index contributed by atoms with van der Waals surface area (Å²) in [6.45, 7) is 2.82. The standard InChI is InChI=1S/C29H48ClN3O3/c1-32(2)22-27(19-23-11-5-4-6-12-23)31-28(34)33-17-10-14-25(21-33)29(35,16-7-8-18-36-3)24-13-9-15-26(30)20-24/h9,13,15,20,23,25,27,35H,4-8,10-12,14,16-19,21-22H2,1-3H3,(H,31,34)/t25-,27+,29-/m1/s1. The fourth-order valence-electron chi connectivity index (χ4n) is 6.25. The zero-order valence-electron chi connectivity index (χ0n) is 22.7. The maximum atomic E-state index is 13.5. The van der Waals surface area contributed by atoms with Crippen molar-refractivity contribution in [3.05, 3.63) is 34.9 Å². The Morgan fingerprint density at radius 2 is 2.00 bits per heavy atom. The number of benzene rings is 1. The lowest BCUT2D eigenvalue weighted by Crippen LogP contribution is -2.54. The first-order chi connectivity index (χ1) is 17.3. The van der Waals surface area contributed by atoms with E-state index in [0.29, 0.717) is 30.5 Å². The average Bonchev–Trinajstić information content (AvgIpc) is 2.87. The number of nitrogens with zero attached hydrogens (tertiary/aromatic N) is 2. The Morgan fingerprint density at radius 3 is 2.69 bits per heavy atom. The highest BCUT2D eigenvalue weighted by Gasteiger charge is 2.41. The molecule has 1 aromatic carbocycles. The third-order valence-electron chi connectivity index (χ3n) is 8.12. The minimum atomic E-state index is -1.03. The number of likely N-dealkylation sites (tertiary alicyclic amines) is 1. The summed E-state index contributed by atoms with van der Waals surface area (Å²) in [7, 11) is 5.86. The minimum Gasteiger partial charge on any atom is -0.385 e. The van der Waals surface area contributed by atoms with Crippen molar-refractivity contribution in [1.82, 2.24) is 15.1 Å². The van der Waals surface area contributed by atoms with Crippen LogP contribution in [0, 0.1) is 11.8 Å². The Morgan fingerprint density at radius 1 is 1.22 bits per heavy atom. The highest BCUT2D eigenvalue weighted by atomic mass is 35.5. The van der Waals surface area contributed by atoms with E-state index in [1.54, 1.807) is 7.11 Å². The molecule has 0 bridgehead atoms. The lowest BCUT2D eigenvalue weighted by molar-refractivity contribution is -0.0564. The van der Waals surface area contributed by atoms with Crippen LogP contribution in [-0.2, 0) is 10.3 Å². The van der Waals surface area contributed by atoms with Crippen LogP contribution in [0.15, 0.2) is 24.3 Å². The summed E-state index contributed by atoms with van der Waals surface area (Å²) in [5.41, 5.74) is -0.176. The SMILES string of the molecule is COCCCC[C@@](O)(c1cccc(Cl)c1)[C@@H]1CCCN(C(=O)N[C@@H](CC2CCCCC2)CN(C)C)C1. The largest absolute Gasteiger partial charge is 0.385 e. The van der Waals surface area contributed by atoms with E-state index in [-0.39, 0.29) is 18.0 Å². The molecular weight excluding hydrogens is 474 g/mol. The van der Waals surface area contributed by atoms with Crippen LogP contribution < -0.4 is 5.32 Å². The molecule has 204 valence electrons. The molecule has 1 aliphatic heterocycles. The number of rotatable bonds is 12. The molecule has 36 heavy (non-hydrogen) atoms. The maximum Gasteiger partial charge on any atom is 0.317 e. The smallest absolute Gasteiger partial charge is 0.317 e. The molecule has 2 N–H and O–H groups in total. The monoisotopic (exact) mass is 521 g/mol. The van der Waals surface area contributed by atoms with Gasteiger partial charge in [0.15, 0.2) is 0 Å². The number of aliphatic hydroxyl groups is 1. The molecule has 3 atom stereocenters. The quantitative estimate of drug-likeness (QED) is 0.348. The zero-order chi connectivity index (χ0) is 26.0. The number of carbonyl (C=O) groups excluding carboxylic acids is 1. The number of methoxy groups -OCH3 is 1. The predicted molar refractivity (Wildman–Crippen MR) is 147 cm³/mol. The number of urea groups is 1. The van der Waals surface area contributed by atoms with Crippen molar-refractivity contribution < 1.29 is 14.6 Å². The van der Waals surface area contributed by atoms with Crippen LogP contribution >= 0.6 is 11.6 Å². The number of nitrogens with one attached hydrogen (secondary N) is 1. The van der Waals surface area contributed by atoms with Gasteiger partial charge in [-0.25, -0.2) is 4.79 Å². The van der Waals surface area contributed by atoms with Gasteiger partial charge in [-0.1, -0.05) is 55.8 Å². The van der Waals surface area contributed by atoms with Crippen LogP contribution in [0.2, 0.25) is 5.02 Å². The van der Waals surface area contributed by atoms with E-state index in [1.165, 1.54) is 32.1 Å². The van der Waals surface area contributed by atoms with E-state index >= 15 is 0 Å². The van der Waals surface area contributed by atoms with Crippen molar-refractivity contribution in [2.45, 2.75) is 82.3 Å². The predicted octanol–water partition coefficient (Wildman–Crippen LogP) is 5.67. The fraction of sp³-hybridized carbons (Fsp3) is 0.759. The van der Waals surface area contributed by atoms with Gasteiger partial charge in [0.05, 0.1) is 5.60 Å². The van der Waals surface area contributed by atoms with Gasteiger partial charge in [-0.3, -0.25) is 0 Å². The van der Waals surface area contributed by atoms with Gasteiger partial charge in [-0.05, 0) is 76.2 Å². The Kier molecular flexibility index (Phi) is 11.8. The Hall–Kier alpha value is -1.34. The molecular formula is C29H48ClN3O3. The molecule has 3 rings (SSSR count). The summed E-state index contributed by atoms with van der Waals surface area (Å²) >= 11 is 6.32. The second-order valence-corrected chi connectivity index (χ2v) is 11.8. The summed E-state index contributed by atoms with van der Waals surface area (Å²) in [5, 5.41) is 16.1. The van der Waals surface area contributed by atoms with Gasteiger partial charge in [0.1, 0.15) is 0 Å². The van der Waals surface area contributed by atoms with E-state index in [2.05, 4.69) is 24.3 Å². The number of amides is 2. The molecule has 1 heterocycles. The highest BCUT2D eigenvalue weighted by Crippen LogP contribution is 2.40. The van der Waals surface area contributed by atoms with E-state index in [0.717, 1.165) is 50.8 Å². The van der Waals surface area contributed by atoms with E-state index in [9.17, 15) is 9.90 Å². The lowest BCUT2D eigenvalue weighted by Gasteiger charge is -2.43. The van der Waals surface area contributed by atoms with Crippen molar-refractivity contribution >= 4 is 17.6 Å². The molecule has 1 aromatic rings. The van der Waals surface area contributed by atoms with Gasteiger partial charge in [-0.15, -0.1) is 0 Å². The third-order valence-corrected chi connectivity index (χ3v) is 8.36. The molecule has 0 aromatic heterocycles. The molecule has 2 aliphatic rings. The maximum absolute atomic E-state index is 13.5. The Balaban J connectivity index is 1.69. The molecule has 6 nitrogen and oxygen atoms in total. The van der Waals surface area contributed by atoms with E-state index < -0.39 is 5.60 Å². The van der Waals surface area contributed by atoms with Crippen molar-refractivity contribution in [1.29, 1.82) is 0 Å². The van der Waals surface area contributed by atoms with Crippen LogP contribution in [-0.4, -0.2) is 74.4 Å². The van der Waals surface area contributed by atoms with Gasteiger partial charge in [0.2, 0.25) is 0 Å². The molecule has 7 heteroatoms. The van der Waals surface area contributed by atoms with Crippen molar-refractivity contribution in [3.8, 4) is 0 Å². The highest BCUT2D eigenvalue weighted by molar-refractivity contribution is 6.30. The Labute approximate surface area is 223 Å². The van der Waals surface area contributed by atoms with Crippen molar-refractivity contribution in [2.75, 3.05) is 47.4 Å². The number of likely N-dealkylation sites (N-methyl/N-ethyl adjacent to an activating group) is 1. The summed E-state index contributed by atoms with van der Waals surface area (Å²) in [5.74, 6) is 0.668. The summed E-state index contributed by atoms with van der Waals surface area (Å²) in [6, 6.07) is 7.76. The van der Waals surface area contributed by atoms with Crippen molar-refractivity contribution in [3.63, 3.8) is 0 Å². The van der Waals surface area contributed by atoms with Gasteiger partial charge in [0.25, 0.3) is 0 Å². The van der Waals surface area contributed by atoms with Gasteiger partial charge < -0.3 is 25.0 Å². The number of ether oxygens (including phenoxy) is 1. The summed E-state index contributed by atoms with van der Waals surface area (Å²) < 4.78 is 5.23. The van der Waals surface area contributed by atoms with Crippen LogP contribution in [0.5, 0.6) is 0 Å². The first-order valence-corrected chi connectivity index (χ1v) is 14.4. The molecule has 2 fully saturated rings. The van der Waals surface area contributed by atoms with Crippen LogP contribution in [0.1, 0.15) is 76.2 Å². The van der Waals surface area contributed by atoms with E-state index in [1.807, 2.05) is 29.2 Å². The first-order valence-electron chi connectivity index (χ1n) is 14.0. The zero-order valence-corrected chi connectivity index (χ0v) is 23.4. The summed E-state index contributed by atoms with van der Waals surface area (Å²) in [4.78, 5) is 17.6. The number of piperidine rings is 1. The second kappa shape index (κ2) is 14.6. The average molecular weight is 522 g/mol. The number of hydrogen-bond acceptors (Lipinski definition) is 4. The number of halogens is 1. The molecule has 1 aliphatic carbocycles. The first kappa shape index (κ1) is 29.2. The normalized spacial score (nSPS) is 21.8. The van der Waals surface area contributed by atoms with Crippen molar-refractivity contribution in [2.24, 2.45) is 11.8 Å². The fourth-order valence-corrected chi connectivity index (χ4v) is 6.44. The molecule has 1 saturated carbocycles. The van der Waals surface area contributed by atoms with Crippen LogP contribution in [0.25, 0.3) is 0 Å². The van der Waals surface area contributed by atoms with E-state index in [4.69, 9.17) is 16.3 Å². The molecule has 1 saturated heterocycles. The molecule has 0 spiro atoms. The molecule has 0 unspecified atom stereocenters. The number of hydrogen-bond donors (Lipinski definition) is 2. The number of unbranched alkanes of at least 4 members (excludes halogenated alkanes) is 1. The lowest BCUT2D eigenvalue weighted by atomic mass is 9.74. The van der Waals surface area contributed by atoms with Gasteiger partial charge in [-0.2, -0.15) is 0 Å². The van der Waals surface area contributed by atoms with Gasteiger partial charge in [0, 0.05) is 50.3 Å².